The standard InChI is InChI=1S/C42H24N4O/c1-2-14-26(15-3-1)45-32-21-8-6-18-29(32)37-27-16-4-5-17-28(27)38-30-19-7-9-22-33(30)46(41(38)40(37)45)42-43-24-35-39(44-42)31-20-10-12-25-13-11-23-34(47-35)36(25)31/h1-24H. The van der Waals surface area contributed by atoms with Crippen molar-refractivity contribution in [2.24, 2.45) is 0 Å². The first-order chi connectivity index (χ1) is 23.3. The van der Waals surface area contributed by atoms with E-state index >= 15 is 0 Å². The number of rotatable bonds is 2. The fourth-order valence-electron chi connectivity index (χ4n) is 7.89. The zero-order chi connectivity index (χ0) is 30.6. The summed E-state index contributed by atoms with van der Waals surface area (Å²) in [6, 6.07) is 49.3. The molecule has 4 heterocycles. The van der Waals surface area contributed by atoms with Crippen LogP contribution in [0.3, 0.4) is 0 Å². The minimum atomic E-state index is 0.608. The summed E-state index contributed by atoms with van der Waals surface area (Å²) in [5.74, 6) is 2.10. The quantitative estimate of drug-likeness (QED) is 0.198. The second kappa shape index (κ2) is 9.05. The highest BCUT2D eigenvalue weighted by Gasteiger charge is 2.27. The lowest BCUT2D eigenvalue weighted by Gasteiger charge is -2.21. The van der Waals surface area contributed by atoms with Crippen LogP contribution in [-0.2, 0) is 0 Å². The fourth-order valence-corrected chi connectivity index (χ4v) is 7.89. The zero-order valence-electron chi connectivity index (χ0n) is 25.1. The van der Waals surface area contributed by atoms with Crippen molar-refractivity contribution >= 4 is 65.2 Å². The van der Waals surface area contributed by atoms with Crippen LogP contribution in [0.25, 0.3) is 88.0 Å². The van der Waals surface area contributed by atoms with Gasteiger partial charge in [0.15, 0.2) is 5.75 Å². The Hall–Kier alpha value is -6.46. The van der Waals surface area contributed by atoms with E-state index in [1.165, 1.54) is 26.9 Å². The van der Waals surface area contributed by atoms with Crippen LogP contribution >= 0.6 is 0 Å². The maximum absolute atomic E-state index is 6.40. The van der Waals surface area contributed by atoms with Crippen LogP contribution in [0.5, 0.6) is 11.5 Å². The molecule has 0 radical (unpaired) electrons. The Morgan fingerprint density at radius 1 is 0.468 bits per heavy atom. The van der Waals surface area contributed by atoms with Gasteiger partial charge in [-0.05, 0) is 46.5 Å². The second-order valence-electron chi connectivity index (χ2n) is 12.2. The van der Waals surface area contributed by atoms with E-state index in [4.69, 9.17) is 14.7 Å². The van der Waals surface area contributed by atoms with Gasteiger partial charge in [-0.15, -0.1) is 0 Å². The summed E-state index contributed by atoms with van der Waals surface area (Å²) in [5.41, 5.74) is 7.38. The molecule has 0 saturated carbocycles. The highest BCUT2D eigenvalue weighted by molar-refractivity contribution is 6.36. The third-order valence-electron chi connectivity index (χ3n) is 9.74. The Kier molecular flexibility index (Phi) is 4.78. The molecular formula is C42H24N4O. The summed E-state index contributed by atoms with van der Waals surface area (Å²) in [6.07, 6.45) is 1.83. The maximum Gasteiger partial charge on any atom is 0.235 e. The summed E-state index contributed by atoms with van der Waals surface area (Å²) in [5, 5.41) is 9.42. The molecule has 0 unspecified atom stereocenters. The topological polar surface area (TPSA) is 44.9 Å². The van der Waals surface area contributed by atoms with Gasteiger partial charge in [0.25, 0.3) is 0 Å². The molecule has 10 aromatic rings. The molecule has 0 saturated heterocycles. The number of hydrogen-bond donors (Lipinski definition) is 0. The van der Waals surface area contributed by atoms with E-state index in [2.05, 4.69) is 137 Å². The molecule has 1 aliphatic heterocycles. The molecule has 0 bridgehead atoms. The first-order valence-electron chi connectivity index (χ1n) is 15.8. The number of hydrogen-bond acceptors (Lipinski definition) is 3. The Labute approximate surface area is 268 Å². The smallest absolute Gasteiger partial charge is 0.235 e. The molecule has 7 aromatic carbocycles. The largest absolute Gasteiger partial charge is 0.453 e. The van der Waals surface area contributed by atoms with E-state index in [0.29, 0.717) is 11.7 Å². The Morgan fingerprint density at radius 2 is 1.06 bits per heavy atom. The zero-order valence-corrected chi connectivity index (χ0v) is 25.1. The Balaban J connectivity index is 1.37. The molecule has 0 atom stereocenters. The summed E-state index contributed by atoms with van der Waals surface area (Å²) in [6.45, 7) is 0. The van der Waals surface area contributed by atoms with Crippen molar-refractivity contribution in [1.82, 2.24) is 19.1 Å². The van der Waals surface area contributed by atoms with Crippen molar-refractivity contribution in [3.8, 4) is 34.4 Å². The average molecular weight is 601 g/mol. The van der Waals surface area contributed by atoms with Crippen LogP contribution in [0.2, 0.25) is 0 Å². The van der Waals surface area contributed by atoms with Crippen LogP contribution in [-0.4, -0.2) is 19.1 Å². The van der Waals surface area contributed by atoms with Crippen LogP contribution in [0.1, 0.15) is 0 Å². The lowest BCUT2D eigenvalue weighted by Crippen LogP contribution is -2.07. The van der Waals surface area contributed by atoms with Crippen molar-refractivity contribution in [2.45, 2.75) is 0 Å². The van der Waals surface area contributed by atoms with Gasteiger partial charge >= 0.3 is 0 Å². The molecule has 0 spiro atoms. The average Bonchev–Trinajstić information content (AvgIpc) is 3.66. The van der Waals surface area contributed by atoms with E-state index in [1.54, 1.807) is 0 Å². The summed E-state index contributed by atoms with van der Waals surface area (Å²) in [7, 11) is 0. The molecule has 0 N–H and O–H groups in total. The van der Waals surface area contributed by atoms with E-state index in [-0.39, 0.29) is 0 Å². The predicted molar refractivity (Wildman–Crippen MR) is 191 cm³/mol. The normalized spacial score (nSPS) is 12.4. The molecule has 11 rings (SSSR count). The van der Waals surface area contributed by atoms with Gasteiger partial charge in [-0.1, -0.05) is 109 Å². The monoisotopic (exact) mass is 600 g/mol. The van der Waals surface area contributed by atoms with E-state index in [9.17, 15) is 0 Å². The summed E-state index contributed by atoms with van der Waals surface area (Å²) >= 11 is 0. The first kappa shape index (κ1) is 24.8. The molecule has 1 aliphatic rings. The number of nitrogens with zero attached hydrogens (tertiary/aromatic N) is 4. The van der Waals surface area contributed by atoms with Gasteiger partial charge in [-0.25, -0.2) is 9.97 Å². The van der Waals surface area contributed by atoms with E-state index in [0.717, 1.165) is 60.9 Å². The Bertz CT molecular complexity index is 2930. The third-order valence-corrected chi connectivity index (χ3v) is 9.74. The molecule has 3 aromatic heterocycles. The van der Waals surface area contributed by atoms with Crippen molar-refractivity contribution in [2.75, 3.05) is 0 Å². The van der Waals surface area contributed by atoms with Gasteiger partial charge < -0.3 is 9.30 Å². The van der Waals surface area contributed by atoms with Crippen LogP contribution in [0.15, 0.2) is 146 Å². The minimum absolute atomic E-state index is 0.608. The number of aromatic nitrogens is 4. The lowest BCUT2D eigenvalue weighted by molar-refractivity contribution is 0.481. The van der Waals surface area contributed by atoms with Gasteiger partial charge in [0.05, 0.1) is 28.3 Å². The highest BCUT2D eigenvalue weighted by Crippen LogP contribution is 2.48. The number of ether oxygens (including phenoxy) is 1. The molecule has 5 heteroatoms. The first-order valence-corrected chi connectivity index (χ1v) is 15.8. The molecule has 5 nitrogen and oxygen atoms in total. The van der Waals surface area contributed by atoms with Crippen molar-refractivity contribution in [1.29, 1.82) is 0 Å². The van der Waals surface area contributed by atoms with Gasteiger partial charge in [0.1, 0.15) is 11.4 Å². The maximum atomic E-state index is 6.40. The second-order valence-corrected chi connectivity index (χ2v) is 12.2. The fraction of sp³-hybridized carbons (Fsp3) is 0. The van der Waals surface area contributed by atoms with Gasteiger partial charge in [-0.2, -0.15) is 0 Å². The number of para-hydroxylation sites is 3. The van der Waals surface area contributed by atoms with Crippen molar-refractivity contribution < 1.29 is 4.74 Å². The lowest BCUT2D eigenvalue weighted by atomic mass is 9.98. The van der Waals surface area contributed by atoms with E-state index in [1.807, 2.05) is 18.3 Å². The van der Waals surface area contributed by atoms with E-state index < -0.39 is 0 Å². The predicted octanol–water partition coefficient (Wildman–Crippen LogP) is 10.7. The van der Waals surface area contributed by atoms with Crippen molar-refractivity contribution in [3.05, 3.63) is 146 Å². The van der Waals surface area contributed by atoms with Gasteiger partial charge in [-0.3, -0.25) is 4.57 Å². The molecule has 0 aliphatic carbocycles. The summed E-state index contributed by atoms with van der Waals surface area (Å²) in [4.78, 5) is 10.4. The molecular weight excluding hydrogens is 576 g/mol. The van der Waals surface area contributed by atoms with Crippen molar-refractivity contribution in [3.63, 3.8) is 0 Å². The van der Waals surface area contributed by atoms with Gasteiger partial charge in [0.2, 0.25) is 5.95 Å². The van der Waals surface area contributed by atoms with Gasteiger partial charge in [0, 0.05) is 38.2 Å². The van der Waals surface area contributed by atoms with Crippen LogP contribution < -0.4 is 4.74 Å². The molecule has 0 amide bonds. The van der Waals surface area contributed by atoms with Crippen LogP contribution in [0, 0.1) is 0 Å². The SMILES string of the molecule is c1ccc(-n2c3ccccc3c3c4ccccc4c4c5ccccc5n(-c5ncc6c(n5)-c5cccc7cccc(c57)O6)c4c32)cc1. The number of fused-ring (bicyclic) bond motifs is 12. The molecule has 0 fully saturated rings. The number of benzene rings is 7. The highest BCUT2D eigenvalue weighted by atomic mass is 16.5. The Morgan fingerprint density at radius 3 is 1.79 bits per heavy atom. The molecule has 218 valence electrons. The summed E-state index contributed by atoms with van der Waals surface area (Å²) < 4.78 is 11.1. The van der Waals surface area contributed by atoms with Crippen LogP contribution in [0.4, 0.5) is 0 Å². The minimum Gasteiger partial charge on any atom is -0.453 e. The molecule has 47 heavy (non-hydrogen) atoms. The third kappa shape index (κ3) is 3.22.